The van der Waals surface area contributed by atoms with E-state index < -0.39 is 5.97 Å². The smallest absolute Gasteiger partial charge is 0.300 e. The second kappa shape index (κ2) is 21.2. The van der Waals surface area contributed by atoms with E-state index in [1.165, 1.54) is 57.8 Å². The van der Waals surface area contributed by atoms with Gasteiger partial charge in [0.05, 0.1) is 0 Å². The van der Waals surface area contributed by atoms with E-state index in [0.717, 1.165) is 13.3 Å². The number of aliphatic hydroxyl groups is 1. The van der Waals surface area contributed by atoms with Crippen LogP contribution in [0.3, 0.4) is 0 Å². The number of unbranched alkanes of at least 4 members (excludes halogenated alkanes) is 7. The van der Waals surface area contributed by atoms with Gasteiger partial charge in [0, 0.05) is 13.5 Å². The van der Waals surface area contributed by atoms with Gasteiger partial charge in [0.15, 0.2) is 0 Å². The molecule has 0 fully saturated rings. The molecule has 0 saturated carbocycles. The Morgan fingerprint density at radius 2 is 1.24 bits per heavy atom. The minimum atomic E-state index is -0.833. The zero-order valence-electron chi connectivity index (χ0n) is 13.9. The standard InChI is InChI=1S/C16H30O.C2H4O2/c1-2-3-4-5-6-7-8-9-10-11-12-13-14-15-16-17;1-2(3)4/h5-6,9-10,17H,2-4,7-8,11-16H2,1H3;1H3,(H,3,4)/b6-5+,10-9-;. The first-order chi connectivity index (χ1) is 10.1. The molecule has 0 amide bonds. The topological polar surface area (TPSA) is 57.5 Å². The summed E-state index contributed by atoms with van der Waals surface area (Å²) in [7, 11) is 0. The van der Waals surface area contributed by atoms with Gasteiger partial charge in [0.2, 0.25) is 0 Å². The summed E-state index contributed by atoms with van der Waals surface area (Å²) >= 11 is 0. The summed E-state index contributed by atoms with van der Waals surface area (Å²) in [4.78, 5) is 9.00. The van der Waals surface area contributed by atoms with Crippen molar-refractivity contribution < 1.29 is 15.0 Å². The molecule has 0 spiro atoms. The zero-order chi connectivity index (χ0) is 16.2. The molecule has 0 heterocycles. The Hall–Kier alpha value is -1.09. The first-order valence-electron chi connectivity index (χ1n) is 8.25. The van der Waals surface area contributed by atoms with Gasteiger partial charge in [-0.15, -0.1) is 0 Å². The number of rotatable bonds is 12. The molecule has 3 nitrogen and oxygen atoms in total. The molecule has 0 aromatic rings. The molecule has 0 rings (SSSR count). The lowest BCUT2D eigenvalue weighted by Gasteiger charge is -1.95. The second-order valence-electron chi connectivity index (χ2n) is 5.11. The Labute approximate surface area is 130 Å². The molecule has 3 heteroatoms. The first kappa shape index (κ1) is 22.2. The van der Waals surface area contributed by atoms with Gasteiger partial charge in [-0.05, 0) is 38.5 Å². The summed E-state index contributed by atoms with van der Waals surface area (Å²) in [5, 5.41) is 16.0. The third kappa shape index (κ3) is 32.4. The number of carbonyl (C=O) groups is 1. The lowest BCUT2D eigenvalue weighted by molar-refractivity contribution is -0.134. The summed E-state index contributed by atoms with van der Waals surface area (Å²) in [6.07, 6.45) is 21.3. The molecule has 0 aromatic carbocycles. The van der Waals surface area contributed by atoms with Crippen molar-refractivity contribution in [2.75, 3.05) is 6.61 Å². The third-order valence-electron chi connectivity index (χ3n) is 2.84. The monoisotopic (exact) mass is 298 g/mol. The average molecular weight is 298 g/mol. The van der Waals surface area contributed by atoms with Crippen LogP contribution in [0, 0.1) is 0 Å². The zero-order valence-corrected chi connectivity index (χ0v) is 13.9. The number of aliphatic carboxylic acids is 1. The summed E-state index contributed by atoms with van der Waals surface area (Å²) in [6, 6.07) is 0. The van der Waals surface area contributed by atoms with E-state index in [-0.39, 0.29) is 0 Å². The predicted molar refractivity (Wildman–Crippen MR) is 90.5 cm³/mol. The summed E-state index contributed by atoms with van der Waals surface area (Å²) in [6.45, 7) is 3.66. The first-order valence-corrected chi connectivity index (χ1v) is 8.25. The number of hydrogen-bond acceptors (Lipinski definition) is 2. The Bertz CT molecular complexity index is 253. The number of allylic oxidation sites excluding steroid dienone is 4. The van der Waals surface area contributed by atoms with Gasteiger partial charge in [0.25, 0.3) is 5.97 Å². The molecule has 0 atom stereocenters. The Morgan fingerprint density at radius 1 is 0.810 bits per heavy atom. The highest BCUT2D eigenvalue weighted by atomic mass is 16.4. The Balaban J connectivity index is 0. The van der Waals surface area contributed by atoms with E-state index in [1.807, 2.05) is 0 Å². The van der Waals surface area contributed by atoms with Gasteiger partial charge in [-0.3, -0.25) is 4.79 Å². The largest absolute Gasteiger partial charge is 0.481 e. The molecule has 2 N–H and O–H groups in total. The lowest BCUT2D eigenvalue weighted by atomic mass is 10.1. The highest BCUT2D eigenvalue weighted by Gasteiger charge is 1.86. The maximum Gasteiger partial charge on any atom is 0.300 e. The molecule has 21 heavy (non-hydrogen) atoms. The summed E-state index contributed by atoms with van der Waals surface area (Å²) in [5.41, 5.74) is 0. The highest BCUT2D eigenvalue weighted by molar-refractivity contribution is 5.62. The van der Waals surface area contributed by atoms with Crippen molar-refractivity contribution in [2.24, 2.45) is 0 Å². The van der Waals surface area contributed by atoms with E-state index in [0.29, 0.717) is 6.61 Å². The minimum absolute atomic E-state index is 0.347. The van der Waals surface area contributed by atoms with Crippen molar-refractivity contribution in [1.82, 2.24) is 0 Å². The van der Waals surface area contributed by atoms with Crippen LogP contribution in [0.15, 0.2) is 24.3 Å². The fraction of sp³-hybridized carbons (Fsp3) is 0.722. The van der Waals surface area contributed by atoms with Crippen molar-refractivity contribution in [3.05, 3.63) is 24.3 Å². The van der Waals surface area contributed by atoms with E-state index >= 15 is 0 Å². The van der Waals surface area contributed by atoms with Gasteiger partial charge < -0.3 is 10.2 Å². The molecule has 0 aliphatic heterocycles. The maximum absolute atomic E-state index is 9.00. The number of carboxylic acid groups (broad SMARTS) is 1. The van der Waals surface area contributed by atoms with Crippen molar-refractivity contribution in [3.63, 3.8) is 0 Å². The second-order valence-corrected chi connectivity index (χ2v) is 5.11. The van der Waals surface area contributed by atoms with E-state index in [9.17, 15) is 0 Å². The van der Waals surface area contributed by atoms with Crippen molar-refractivity contribution in [3.8, 4) is 0 Å². The molecule has 0 saturated heterocycles. The molecular formula is C18H34O3. The molecule has 0 aliphatic carbocycles. The number of hydrogen-bond donors (Lipinski definition) is 2. The maximum atomic E-state index is 9.00. The van der Waals surface area contributed by atoms with Crippen LogP contribution in [-0.4, -0.2) is 22.8 Å². The van der Waals surface area contributed by atoms with Crippen LogP contribution >= 0.6 is 0 Å². The quantitative estimate of drug-likeness (QED) is 0.389. The van der Waals surface area contributed by atoms with Crippen LogP contribution < -0.4 is 0 Å². The minimum Gasteiger partial charge on any atom is -0.481 e. The molecule has 0 bridgehead atoms. The van der Waals surface area contributed by atoms with Gasteiger partial charge in [0.1, 0.15) is 0 Å². The average Bonchev–Trinajstić information content (AvgIpc) is 2.43. The molecule has 0 unspecified atom stereocenters. The van der Waals surface area contributed by atoms with E-state index in [1.54, 1.807) is 0 Å². The van der Waals surface area contributed by atoms with Gasteiger partial charge in [-0.2, -0.15) is 0 Å². The van der Waals surface area contributed by atoms with Gasteiger partial charge in [-0.1, -0.05) is 56.9 Å². The SMILES string of the molecule is CC(=O)O.CCCC/C=C/CC/C=C\CCCCCCO. The van der Waals surface area contributed by atoms with E-state index in [4.69, 9.17) is 15.0 Å². The normalized spacial score (nSPS) is 10.8. The highest BCUT2D eigenvalue weighted by Crippen LogP contribution is 2.04. The molecule has 0 aliphatic rings. The molecular weight excluding hydrogens is 264 g/mol. The summed E-state index contributed by atoms with van der Waals surface area (Å²) < 4.78 is 0. The van der Waals surface area contributed by atoms with Crippen LogP contribution in [0.1, 0.15) is 78.1 Å². The van der Waals surface area contributed by atoms with Crippen LogP contribution in [0.25, 0.3) is 0 Å². The Morgan fingerprint density at radius 3 is 1.71 bits per heavy atom. The van der Waals surface area contributed by atoms with Gasteiger partial charge >= 0.3 is 0 Å². The van der Waals surface area contributed by atoms with Crippen LogP contribution in [0.4, 0.5) is 0 Å². The van der Waals surface area contributed by atoms with Crippen molar-refractivity contribution in [1.29, 1.82) is 0 Å². The summed E-state index contributed by atoms with van der Waals surface area (Å²) in [5.74, 6) is -0.833. The van der Waals surface area contributed by atoms with E-state index in [2.05, 4.69) is 31.2 Å². The molecule has 124 valence electrons. The number of aliphatic hydroxyl groups excluding tert-OH is 1. The van der Waals surface area contributed by atoms with Gasteiger partial charge in [-0.25, -0.2) is 0 Å². The lowest BCUT2D eigenvalue weighted by Crippen LogP contribution is -1.82. The van der Waals surface area contributed by atoms with Crippen molar-refractivity contribution in [2.45, 2.75) is 78.1 Å². The van der Waals surface area contributed by atoms with Crippen LogP contribution in [0.5, 0.6) is 0 Å². The molecule has 0 radical (unpaired) electrons. The van der Waals surface area contributed by atoms with Crippen molar-refractivity contribution >= 4 is 5.97 Å². The fourth-order valence-corrected chi connectivity index (χ4v) is 1.71. The predicted octanol–water partition coefficient (Wildman–Crippen LogP) is 5.10. The number of carboxylic acids is 1. The Kier molecular flexibility index (Phi) is 22.4. The fourth-order valence-electron chi connectivity index (χ4n) is 1.71. The third-order valence-corrected chi connectivity index (χ3v) is 2.84. The van der Waals surface area contributed by atoms with Crippen LogP contribution in [0.2, 0.25) is 0 Å². The van der Waals surface area contributed by atoms with Crippen LogP contribution in [-0.2, 0) is 4.79 Å². The molecule has 0 aromatic heterocycles.